The van der Waals surface area contributed by atoms with Gasteiger partial charge in [-0.1, -0.05) is 0 Å². The number of hydrogen-bond donors (Lipinski definition) is 0. The molecule has 0 aromatic heterocycles. The Morgan fingerprint density at radius 3 is 2.57 bits per heavy atom. The molecule has 0 spiro atoms. The standard InChI is InChI=1S/C14H18FNO4.ClH/c15-12-1-3-13(4-2-12)20-11-14(17)19-10-7-16-5-8-18-9-6-16;/h1-4H,5-11H2;1H/p-1. The van der Waals surface area contributed by atoms with Crippen LogP contribution in [0, 0.1) is 5.82 Å². The van der Waals surface area contributed by atoms with E-state index in [-0.39, 0.29) is 24.8 Å². The molecule has 2 rings (SSSR count). The molecule has 0 N–H and O–H groups in total. The zero-order chi connectivity index (χ0) is 14.2. The first kappa shape index (κ1) is 17.7. The van der Waals surface area contributed by atoms with Crippen LogP contribution in [0.5, 0.6) is 5.75 Å². The average Bonchev–Trinajstić information content (AvgIpc) is 2.48. The summed E-state index contributed by atoms with van der Waals surface area (Å²) >= 11 is 0. The van der Waals surface area contributed by atoms with E-state index in [1.807, 2.05) is 0 Å². The van der Waals surface area contributed by atoms with Gasteiger partial charge in [0.05, 0.1) is 13.2 Å². The van der Waals surface area contributed by atoms with Crippen molar-refractivity contribution >= 4 is 5.97 Å². The third-order valence-electron chi connectivity index (χ3n) is 2.94. The van der Waals surface area contributed by atoms with Crippen LogP contribution in [0.2, 0.25) is 0 Å². The van der Waals surface area contributed by atoms with Crippen LogP contribution in [-0.2, 0) is 14.3 Å². The normalized spacial score (nSPS) is 15.1. The van der Waals surface area contributed by atoms with Crippen molar-refractivity contribution in [2.45, 2.75) is 0 Å². The molecule has 7 heteroatoms. The lowest BCUT2D eigenvalue weighted by Crippen LogP contribution is -3.00. The number of hydrogen-bond acceptors (Lipinski definition) is 5. The molecule has 1 heterocycles. The summed E-state index contributed by atoms with van der Waals surface area (Å²) in [6, 6.07) is 5.49. The summed E-state index contributed by atoms with van der Waals surface area (Å²) in [6.07, 6.45) is 0. The van der Waals surface area contributed by atoms with Gasteiger partial charge in [-0.3, -0.25) is 4.90 Å². The highest BCUT2D eigenvalue weighted by atomic mass is 35.5. The van der Waals surface area contributed by atoms with Crippen LogP contribution >= 0.6 is 0 Å². The Kier molecular flexibility index (Phi) is 8.04. The number of halogens is 2. The first-order valence-electron chi connectivity index (χ1n) is 6.58. The Morgan fingerprint density at radius 1 is 1.24 bits per heavy atom. The Morgan fingerprint density at radius 2 is 1.90 bits per heavy atom. The summed E-state index contributed by atoms with van der Waals surface area (Å²) in [5.41, 5.74) is 0. The minimum Gasteiger partial charge on any atom is -1.00 e. The van der Waals surface area contributed by atoms with Crippen molar-refractivity contribution in [2.75, 3.05) is 46.1 Å². The minimum atomic E-state index is -0.428. The number of carbonyl (C=O) groups excluding carboxylic acids is 1. The van der Waals surface area contributed by atoms with Gasteiger partial charge in [-0.05, 0) is 24.3 Å². The van der Waals surface area contributed by atoms with Gasteiger partial charge in [0.2, 0.25) is 0 Å². The molecule has 118 valence electrons. The maximum absolute atomic E-state index is 12.7. The molecule has 0 saturated carbocycles. The molecule has 1 fully saturated rings. The maximum Gasteiger partial charge on any atom is 0.344 e. The summed E-state index contributed by atoms with van der Waals surface area (Å²) < 4.78 is 28.2. The number of ether oxygens (including phenoxy) is 3. The molecule has 1 aliphatic rings. The molecule has 0 radical (unpaired) electrons. The van der Waals surface area contributed by atoms with Crippen molar-refractivity contribution in [3.05, 3.63) is 30.1 Å². The molecule has 1 aliphatic heterocycles. The van der Waals surface area contributed by atoms with E-state index in [0.29, 0.717) is 18.9 Å². The fourth-order valence-electron chi connectivity index (χ4n) is 1.83. The number of morpholine rings is 1. The van der Waals surface area contributed by atoms with Gasteiger partial charge in [-0.15, -0.1) is 0 Å². The second-order valence-electron chi connectivity index (χ2n) is 4.42. The van der Waals surface area contributed by atoms with Gasteiger partial charge in [-0.25, -0.2) is 9.18 Å². The third-order valence-corrected chi connectivity index (χ3v) is 2.94. The predicted molar refractivity (Wildman–Crippen MR) is 70.1 cm³/mol. The Bertz CT molecular complexity index is 423. The van der Waals surface area contributed by atoms with E-state index < -0.39 is 5.97 Å². The van der Waals surface area contributed by atoms with Crippen molar-refractivity contribution in [2.24, 2.45) is 0 Å². The van der Waals surface area contributed by atoms with Crippen LogP contribution in [0.3, 0.4) is 0 Å². The third kappa shape index (κ3) is 6.75. The summed E-state index contributed by atoms with van der Waals surface area (Å²) in [5.74, 6) is -0.329. The number of rotatable bonds is 6. The van der Waals surface area contributed by atoms with E-state index in [9.17, 15) is 9.18 Å². The van der Waals surface area contributed by atoms with Crippen molar-refractivity contribution < 1.29 is 35.8 Å². The van der Waals surface area contributed by atoms with Gasteiger partial charge < -0.3 is 26.6 Å². The first-order valence-corrected chi connectivity index (χ1v) is 6.58. The number of carbonyl (C=O) groups is 1. The molecule has 21 heavy (non-hydrogen) atoms. The van der Waals surface area contributed by atoms with E-state index >= 15 is 0 Å². The molecule has 5 nitrogen and oxygen atoms in total. The molecule has 0 atom stereocenters. The van der Waals surface area contributed by atoms with Crippen LogP contribution in [0.4, 0.5) is 4.39 Å². The van der Waals surface area contributed by atoms with E-state index in [0.717, 1.165) is 26.3 Å². The van der Waals surface area contributed by atoms with Gasteiger partial charge >= 0.3 is 5.97 Å². The predicted octanol–water partition coefficient (Wildman–Crippen LogP) is -1.92. The van der Waals surface area contributed by atoms with Crippen LogP contribution in [0.1, 0.15) is 0 Å². The zero-order valence-corrected chi connectivity index (χ0v) is 12.4. The number of esters is 1. The van der Waals surface area contributed by atoms with Gasteiger partial charge in [0, 0.05) is 19.6 Å². The molecular formula is C14H18ClFNO4-. The molecule has 0 aliphatic carbocycles. The Balaban J connectivity index is 0.00000220. The van der Waals surface area contributed by atoms with Gasteiger partial charge in [0.1, 0.15) is 18.2 Å². The lowest BCUT2D eigenvalue weighted by Gasteiger charge is -2.26. The fourth-order valence-corrected chi connectivity index (χ4v) is 1.83. The molecular weight excluding hydrogens is 301 g/mol. The van der Waals surface area contributed by atoms with Gasteiger partial charge in [0.15, 0.2) is 6.61 Å². The SMILES string of the molecule is O=C(COc1ccc(F)cc1)OCCN1CCOCC1.[Cl-]. The second-order valence-corrected chi connectivity index (χ2v) is 4.42. The molecule has 1 aromatic rings. The maximum atomic E-state index is 12.7. The second kappa shape index (κ2) is 9.55. The van der Waals surface area contributed by atoms with E-state index in [1.165, 1.54) is 24.3 Å². The summed E-state index contributed by atoms with van der Waals surface area (Å²) in [7, 11) is 0. The summed E-state index contributed by atoms with van der Waals surface area (Å²) in [5, 5.41) is 0. The van der Waals surface area contributed by atoms with Gasteiger partial charge in [-0.2, -0.15) is 0 Å². The van der Waals surface area contributed by atoms with Crippen molar-refractivity contribution in [3.63, 3.8) is 0 Å². The quantitative estimate of drug-likeness (QED) is 0.573. The van der Waals surface area contributed by atoms with Crippen molar-refractivity contribution in [3.8, 4) is 5.75 Å². The molecule has 1 aromatic carbocycles. The highest BCUT2D eigenvalue weighted by molar-refractivity contribution is 5.71. The lowest BCUT2D eigenvalue weighted by atomic mass is 10.3. The zero-order valence-electron chi connectivity index (χ0n) is 11.6. The molecule has 0 unspecified atom stereocenters. The van der Waals surface area contributed by atoms with Crippen molar-refractivity contribution in [1.82, 2.24) is 4.90 Å². The molecule has 0 bridgehead atoms. The van der Waals surface area contributed by atoms with Gasteiger partial charge in [0.25, 0.3) is 0 Å². The largest absolute Gasteiger partial charge is 1.00 e. The highest BCUT2D eigenvalue weighted by Crippen LogP contribution is 2.10. The van der Waals surface area contributed by atoms with Crippen molar-refractivity contribution in [1.29, 1.82) is 0 Å². The number of benzene rings is 1. The average molecular weight is 319 g/mol. The van der Waals surface area contributed by atoms with E-state index in [2.05, 4.69) is 4.90 Å². The monoisotopic (exact) mass is 318 g/mol. The molecule has 0 amide bonds. The number of nitrogens with zero attached hydrogens (tertiary/aromatic N) is 1. The van der Waals surface area contributed by atoms with E-state index in [4.69, 9.17) is 14.2 Å². The molecule has 1 saturated heterocycles. The Labute approximate surface area is 129 Å². The smallest absolute Gasteiger partial charge is 0.344 e. The van der Waals surface area contributed by atoms with Crippen LogP contribution in [0.25, 0.3) is 0 Å². The van der Waals surface area contributed by atoms with Crippen LogP contribution in [0.15, 0.2) is 24.3 Å². The topological polar surface area (TPSA) is 48.0 Å². The lowest BCUT2D eigenvalue weighted by molar-refractivity contribution is -0.146. The first-order chi connectivity index (χ1) is 9.74. The Hall–Kier alpha value is -1.37. The highest BCUT2D eigenvalue weighted by Gasteiger charge is 2.11. The fraction of sp³-hybridized carbons (Fsp3) is 0.500. The van der Waals surface area contributed by atoms with Crippen LogP contribution < -0.4 is 17.1 Å². The minimum absolute atomic E-state index is 0. The van der Waals surface area contributed by atoms with E-state index in [1.54, 1.807) is 0 Å². The summed E-state index contributed by atoms with van der Waals surface area (Å²) in [4.78, 5) is 13.6. The summed E-state index contributed by atoms with van der Waals surface area (Å²) in [6.45, 7) is 4.04. The van der Waals surface area contributed by atoms with Crippen LogP contribution in [-0.4, -0.2) is 56.9 Å².